The number of para-hydroxylation sites is 1. The summed E-state index contributed by atoms with van der Waals surface area (Å²) in [4.78, 5) is 11.1. The highest BCUT2D eigenvalue weighted by Crippen LogP contribution is 2.17. The molecule has 19 heavy (non-hydrogen) atoms. The maximum absolute atomic E-state index is 11.1. The number of nitrogens with one attached hydrogen (secondary N) is 2. The summed E-state index contributed by atoms with van der Waals surface area (Å²) in [5, 5.41) is 6.11. The molecule has 2 rings (SSSR count). The largest absolute Gasteiger partial charge is 0.399 e. The standard InChI is InChI=1S/C15H17N3O/c1-11(19)18-15-5-3-2-4-12(15)10-17-14-8-6-13(16)7-9-14/h2-9,17H,10,16H2,1H3,(H,18,19). The summed E-state index contributed by atoms with van der Waals surface area (Å²) in [6.45, 7) is 2.14. The zero-order chi connectivity index (χ0) is 13.7. The molecule has 0 spiro atoms. The van der Waals surface area contributed by atoms with Crippen LogP contribution in [0.25, 0.3) is 0 Å². The highest BCUT2D eigenvalue weighted by atomic mass is 16.1. The first kappa shape index (κ1) is 13.0. The summed E-state index contributed by atoms with van der Waals surface area (Å²) in [5.74, 6) is -0.0695. The number of anilines is 3. The fraction of sp³-hybridized carbons (Fsp3) is 0.133. The molecule has 0 bridgehead atoms. The predicted molar refractivity (Wildman–Crippen MR) is 78.9 cm³/mol. The molecule has 2 aromatic carbocycles. The van der Waals surface area contributed by atoms with Gasteiger partial charge in [0.2, 0.25) is 5.91 Å². The lowest BCUT2D eigenvalue weighted by Gasteiger charge is -2.11. The van der Waals surface area contributed by atoms with Crippen LogP contribution < -0.4 is 16.4 Å². The van der Waals surface area contributed by atoms with E-state index in [-0.39, 0.29) is 5.91 Å². The van der Waals surface area contributed by atoms with Crippen molar-refractivity contribution in [3.8, 4) is 0 Å². The quantitative estimate of drug-likeness (QED) is 0.736. The number of hydrogen-bond donors (Lipinski definition) is 3. The summed E-state index contributed by atoms with van der Waals surface area (Å²) >= 11 is 0. The zero-order valence-corrected chi connectivity index (χ0v) is 10.8. The Morgan fingerprint density at radius 2 is 1.79 bits per heavy atom. The second-order valence-corrected chi connectivity index (χ2v) is 4.31. The van der Waals surface area contributed by atoms with Crippen molar-refractivity contribution in [2.24, 2.45) is 0 Å². The van der Waals surface area contributed by atoms with Gasteiger partial charge in [-0.05, 0) is 35.9 Å². The van der Waals surface area contributed by atoms with Crippen LogP contribution in [-0.2, 0) is 11.3 Å². The van der Waals surface area contributed by atoms with Gasteiger partial charge in [-0.1, -0.05) is 18.2 Å². The topological polar surface area (TPSA) is 67.2 Å². The lowest BCUT2D eigenvalue weighted by molar-refractivity contribution is -0.114. The number of rotatable bonds is 4. The molecule has 0 aromatic heterocycles. The molecule has 4 heteroatoms. The SMILES string of the molecule is CC(=O)Nc1ccccc1CNc1ccc(N)cc1. The second-order valence-electron chi connectivity index (χ2n) is 4.31. The molecule has 1 amide bonds. The number of amides is 1. The molecule has 0 radical (unpaired) electrons. The average molecular weight is 255 g/mol. The van der Waals surface area contributed by atoms with E-state index in [9.17, 15) is 4.79 Å². The van der Waals surface area contributed by atoms with Crippen LogP contribution in [0.3, 0.4) is 0 Å². The molecular formula is C15H17N3O. The number of hydrogen-bond acceptors (Lipinski definition) is 3. The van der Waals surface area contributed by atoms with Crippen LogP contribution in [0.15, 0.2) is 48.5 Å². The second kappa shape index (κ2) is 5.91. The zero-order valence-electron chi connectivity index (χ0n) is 10.8. The van der Waals surface area contributed by atoms with Crippen molar-refractivity contribution in [1.29, 1.82) is 0 Å². The van der Waals surface area contributed by atoms with Gasteiger partial charge < -0.3 is 16.4 Å². The van der Waals surface area contributed by atoms with Crippen LogP contribution in [0.5, 0.6) is 0 Å². The maximum Gasteiger partial charge on any atom is 0.221 e. The van der Waals surface area contributed by atoms with Crippen LogP contribution >= 0.6 is 0 Å². The molecule has 0 saturated carbocycles. The van der Waals surface area contributed by atoms with Crippen LogP contribution in [0.2, 0.25) is 0 Å². The predicted octanol–water partition coefficient (Wildman–Crippen LogP) is 2.84. The molecule has 0 aliphatic heterocycles. The number of nitrogens with two attached hydrogens (primary N) is 1. The van der Waals surface area contributed by atoms with Crippen molar-refractivity contribution in [2.75, 3.05) is 16.4 Å². The number of carbonyl (C=O) groups excluding carboxylic acids is 1. The summed E-state index contributed by atoms with van der Waals surface area (Å²) in [5.41, 5.74) is 9.24. The van der Waals surface area contributed by atoms with Gasteiger partial charge in [-0.2, -0.15) is 0 Å². The average Bonchev–Trinajstić information content (AvgIpc) is 2.39. The van der Waals surface area contributed by atoms with Crippen molar-refractivity contribution in [3.05, 3.63) is 54.1 Å². The Morgan fingerprint density at radius 1 is 1.11 bits per heavy atom. The van der Waals surface area contributed by atoms with Gasteiger partial charge in [0, 0.05) is 30.5 Å². The first-order valence-electron chi connectivity index (χ1n) is 6.10. The highest BCUT2D eigenvalue weighted by Gasteiger charge is 2.02. The van der Waals surface area contributed by atoms with Gasteiger partial charge in [0.1, 0.15) is 0 Å². The maximum atomic E-state index is 11.1. The summed E-state index contributed by atoms with van der Waals surface area (Å²) < 4.78 is 0. The molecule has 0 fully saturated rings. The van der Waals surface area contributed by atoms with Gasteiger partial charge >= 0.3 is 0 Å². The van der Waals surface area contributed by atoms with Gasteiger partial charge in [0.15, 0.2) is 0 Å². The van der Waals surface area contributed by atoms with Crippen LogP contribution in [0, 0.1) is 0 Å². The Balaban J connectivity index is 2.06. The first-order valence-corrected chi connectivity index (χ1v) is 6.10. The molecule has 98 valence electrons. The Morgan fingerprint density at radius 3 is 2.47 bits per heavy atom. The van der Waals surface area contributed by atoms with Crippen molar-refractivity contribution in [1.82, 2.24) is 0 Å². The van der Waals surface area contributed by atoms with E-state index in [0.29, 0.717) is 6.54 Å². The van der Waals surface area contributed by atoms with E-state index >= 15 is 0 Å². The number of carbonyl (C=O) groups is 1. The van der Waals surface area contributed by atoms with Gasteiger partial charge in [0.05, 0.1) is 0 Å². The van der Waals surface area contributed by atoms with Crippen LogP contribution in [0.1, 0.15) is 12.5 Å². The van der Waals surface area contributed by atoms with Gasteiger partial charge in [-0.3, -0.25) is 4.79 Å². The van der Waals surface area contributed by atoms with Crippen molar-refractivity contribution in [3.63, 3.8) is 0 Å². The van der Waals surface area contributed by atoms with E-state index in [1.54, 1.807) is 0 Å². The molecule has 4 N–H and O–H groups in total. The fourth-order valence-corrected chi connectivity index (χ4v) is 1.78. The van der Waals surface area contributed by atoms with E-state index in [1.807, 2.05) is 48.5 Å². The first-order chi connectivity index (χ1) is 9.15. The monoisotopic (exact) mass is 255 g/mol. The summed E-state index contributed by atoms with van der Waals surface area (Å²) in [7, 11) is 0. The molecule has 4 nitrogen and oxygen atoms in total. The molecular weight excluding hydrogens is 238 g/mol. The highest BCUT2D eigenvalue weighted by molar-refractivity contribution is 5.89. The minimum Gasteiger partial charge on any atom is -0.399 e. The summed E-state index contributed by atoms with van der Waals surface area (Å²) in [6, 6.07) is 15.3. The van der Waals surface area contributed by atoms with Gasteiger partial charge in [0.25, 0.3) is 0 Å². The molecule has 0 heterocycles. The number of nitrogen functional groups attached to an aromatic ring is 1. The third kappa shape index (κ3) is 3.74. The van der Waals surface area contributed by atoms with E-state index in [4.69, 9.17) is 5.73 Å². The fourth-order valence-electron chi connectivity index (χ4n) is 1.78. The lowest BCUT2D eigenvalue weighted by Crippen LogP contribution is -2.10. The summed E-state index contributed by atoms with van der Waals surface area (Å²) in [6.07, 6.45) is 0. The Kier molecular flexibility index (Phi) is 4.03. The lowest BCUT2D eigenvalue weighted by atomic mass is 10.1. The van der Waals surface area contributed by atoms with Crippen molar-refractivity contribution >= 4 is 23.0 Å². The minimum absolute atomic E-state index is 0.0695. The molecule has 0 unspecified atom stereocenters. The smallest absolute Gasteiger partial charge is 0.221 e. The molecule has 0 aliphatic rings. The Hall–Kier alpha value is -2.49. The van der Waals surface area contributed by atoms with Crippen LogP contribution in [0.4, 0.5) is 17.1 Å². The Bertz CT molecular complexity index is 564. The van der Waals surface area contributed by atoms with E-state index in [0.717, 1.165) is 22.6 Å². The van der Waals surface area contributed by atoms with E-state index in [2.05, 4.69) is 10.6 Å². The molecule has 0 atom stereocenters. The van der Waals surface area contributed by atoms with Gasteiger partial charge in [-0.25, -0.2) is 0 Å². The van der Waals surface area contributed by atoms with Crippen molar-refractivity contribution < 1.29 is 4.79 Å². The number of benzene rings is 2. The van der Waals surface area contributed by atoms with Gasteiger partial charge in [-0.15, -0.1) is 0 Å². The normalized spacial score (nSPS) is 9.95. The Labute approximate surface area is 112 Å². The third-order valence-corrected chi connectivity index (χ3v) is 2.72. The van der Waals surface area contributed by atoms with Crippen LogP contribution in [-0.4, -0.2) is 5.91 Å². The molecule has 2 aromatic rings. The van der Waals surface area contributed by atoms with Crippen molar-refractivity contribution in [2.45, 2.75) is 13.5 Å². The van der Waals surface area contributed by atoms with E-state index in [1.165, 1.54) is 6.92 Å². The van der Waals surface area contributed by atoms with E-state index < -0.39 is 0 Å². The third-order valence-electron chi connectivity index (χ3n) is 2.72. The molecule has 0 saturated heterocycles. The minimum atomic E-state index is -0.0695. The molecule has 0 aliphatic carbocycles.